The van der Waals surface area contributed by atoms with E-state index in [0.29, 0.717) is 75.1 Å². The maximum atomic E-state index is 14.0. The molecule has 1 aliphatic carbocycles. The minimum absolute atomic E-state index is 0. The van der Waals surface area contributed by atoms with Gasteiger partial charge in [0, 0.05) is 17.9 Å². The molecule has 2 unspecified atom stereocenters. The van der Waals surface area contributed by atoms with Crippen LogP contribution in [0.3, 0.4) is 0 Å². The molecule has 2 saturated heterocycles. The monoisotopic (exact) mass is 644 g/mol. The first-order chi connectivity index (χ1) is 22.1. The first-order valence-electron chi connectivity index (χ1n) is 15.5. The summed E-state index contributed by atoms with van der Waals surface area (Å²) in [6, 6.07) is 0. The molecule has 6 rings (SSSR count). The molecule has 3 aliphatic heterocycles. The number of methoxy groups -OCH3 is 2. The van der Waals surface area contributed by atoms with Gasteiger partial charge in [0.1, 0.15) is 12.2 Å². The average Bonchev–Trinajstić information content (AvgIpc) is 3.79. The zero-order valence-corrected chi connectivity index (χ0v) is 29.0. The van der Waals surface area contributed by atoms with Crippen LogP contribution in [0.5, 0.6) is 0 Å². The molecule has 4 aliphatic rings. The Labute approximate surface area is 290 Å². The zero-order chi connectivity index (χ0) is 33.0. The van der Waals surface area contributed by atoms with Gasteiger partial charge in [0.05, 0.1) is 14.2 Å². The van der Waals surface area contributed by atoms with Gasteiger partial charge >= 0.3 is 35.0 Å². The number of esters is 2. The van der Waals surface area contributed by atoms with E-state index in [4.69, 9.17) is 30.1 Å². The molecule has 2 aromatic heterocycles. The SMILES string of the molecule is C=Cc1c2[n-]c(c1C)/C=C1\[N-]/C(=C3\c4[n-]c(c(C)c4C(=O)[C@@H]3C(=O)OC)/C=C3\[N-]/C(=C\2)C(C=O)C3CC)[C@@H](CCC(=O)OC)[C@@H]1C.[Mg+2]. The smallest absolute Gasteiger partial charge is 0.664 e. The second-order valence-corrected chi connectivity index (χ2v) is 12.2. The molecule has 10 nitrogen and oxygen atoms in total. The summed E-state index contributed by atoms with van der Waals surface area (Å²) in [5.41, 5.74) is 7.86. The number of ether oxygens (including phenoxy) is 2. The predicted octanol–water partition coefficient (Wildman–Crippen LogP) is 5.73. The van der Waals surface area contributed by atoms with E-state index in [1.54, 1.807) is 13.0 Å². The van der Waals surface area contributed by atoms with Gasteiger partial charge < -0.3 is 34.9 Å². The third-order valence-electron chi connectivity index (χ3n) is 9.91. The molecule has 11 heteroatoms. The van der Waals surface area contributed by atoms with Crippen molar-refractivity contribution in [2.75, 3.05) is 14.2 Å². The van der Waals surface area contributed by atoms with Crippen LogP contribution in [-0.2, 0) is 23.9 Å². The molecule has 2 aromatic rings. The van der Waals surface area contributed by atoms with Crippen molar-refractivity contribution in [3.05, 3.63) is 85.0 Å². The normalized spacial score (nSPS) is 28.9. The molecule has 0 N–H and O–H groups in total. The molecule has 47 heavy (non-hydrogen) atoms. The van der Waals surface area contributed by atoms with Gasteiger partial charge in [0.25, 0.3) is 0 Å². The quantitative estimate of drug-likeness (QED) is 0.161. The summed E-state index contributed by atoms with van der Waals surface area (Å²) in [7, 11) is 2.60. The Balaban J connectivity index is 0.00000433. The summed E-state index contributed by atoms with van der Waals surface area (Å²) >= 11 is 0. The van der Waals surface area contributed by atoms with Gasteiger partial charge in [-0.3, -0.25) is 14.4 Å². The van der Waals surface area contributed by atoms with Crippen molar-refractivity contribution >= 4 is 76.9 Å². The molecule has 5 atom stereocenters. The molecule has 0 spiro atoms. The van der Waals surface area contributed by atoms with Gasteiger partial charge in [-0.2, -0.15) is 22.8 Å². The van der Waals surface area contributed by atoms with E-state index in [-0.39, 0.29) is 53.2 Å². The van der Waals surface area contributed by atoms with Crippen molar-refractivity contribution in [1.29, 1.82) is 0 Å². The Bertz CT molecular complexity index is 1820. The molecule has 0 amide bonds. The summed E-state index contributed by atoms with van der Waals surface area (Å²) in [5.74, 6) is -3.88. The van der Waals surface area contributed by atoms with Gasteiger partial charge in [0.2, 0.25) is 0 Å². The summed E-state index contributed by atoms with van der Waals surface area (Å²) < 4.78 is 10.1. The third-order valence-corrected chi connectivity index (χ3v) is 9.91. The number of nitrogens with zero attached hydrogens (tertiary/aromatic N) is 4. The van der Waals surface area contributed by atoms with E-state index in [1.165, 1.54) is 14.2 Å². The van der Waals surface area contributed by atoms with Crippen molar-refractivity contribution in [1.82, 2.24) is 9.97 Å². The Morgan fingerprint density at radius 3 is 2.26 bits per heavy atom. The molecule has 0 aromatic carbocycles. The number of hydrogen-bond acceptors (Lipinski definition) is 6. The zero-order valence-electron chi connectivity index (χ0n) is 27.5. The molecule has 0 saturated carbocycles. The Morgan fingerprint density at radius 1 is 0.936 bits per heavy atom. The van der Waals surface area contributed by atoms with Crippen molar-refractivity contribution in [2.45, 2.75) is 47.0 Å². The second-order valence-electron chi connectivity index (χ2n) is 12.2. The first kappa shape index (κ1) is 34.2. The van der Waals surface area contributed by atoms with Gasteiger partial charge in [-0.1, -0.05) is 67.9 Å². The maximum absolute atomic E-state index is 14.0. The minimum atomic E-state index is -1.24. The van der Waals surface area contributed by atoms with Gasteiger partial charge in [0.15, 0.2) is 5.78 Å². The molecule has 8 bridgehead atoms. The summed E-state index contributed by atoms with van der Waals surface area (Å²) in [6.45, 7) is 11.8. The van der Waals surface area contributed by atoms with Crippen LogP contribution in [0, 0.1) is 43.4 Å². The van der Waals surface area contributed by atoms with Crippen LogP contribution in [0.25, 0.3) is 40.5 Å². The van der Waals surface area contributed by atoms with Crippen LogP contribution in [0.15, 0.2) is 29.4 Å². The number of carbonyl (C=O) groups excluding carboxylic acids is 4. The molecule has 2 fully saturated rings. The number of Topliss-reactive ketones (excluding diaryl/α,β-unsaturated/α-hetero) is 1. The molecule has 240 valence electrons. The predicted molar refractivity (Wildman–Crippen MR) is 179 cm³/mol. The number of aldehydes is 1. The van der Waals surface area contributed by atoms with Crippen LogP contribution in [0.4, 0.5) is 0 Å². The topological polar surface area (TPSA) is 143 Å². The minimum Gasteiger partial charge on any atom is -0.664 e. The Morgan fingerprint density at radius 2 is 1.62 bits per heavy atom. The second kappa shape index (κ2) is 13.2. The Hall–Kier alpha value is -4.09. The summed E-state index contributed by atoms with van der Waals surface area (Å²) in [6.07, 6.45) is 9.44. The van der Waals surface area contributed by atoms with Crippen molar-refractivity contribution in [2.24, 2.45) is 29.6 Å². The summed E-state index contributed by atoms with van der Waals surface area (Å²) in [5, 5.41) is 10.0. The van der Waals surface area contributed by atoms with Gasteiger partial charge in [-0.15, -0.1) is 22.8 Å². The van der Waals surface area contributed by atoms with Crippen molar-refractivity contribution in [3.63, 3.8) is 0 Å². The summed E-state index contributed by atoms with van der Waals surface area (Å²) in [4.78, 5) is 61.9. The first-order valence-corrected chi connectivity index (χ1v) is 15.5. The fourth-order valence-electron chi connectivity index (χ4n) is 7.30. The van der Waals surface area contributed by atoms with Crippen molar-refractivity contribution < 1.29 is 28.7 Å². The number of rotatable bonds is 7. The van der Waals surface area contributed by atoms with E-state index in [9.17, 15) is 19.2 Å². The van der Waals surface area contributed by atoms with Crippen LogP contribution < -0.4 is 9.97 Å². The van der Waals surface area contributed by atoms with E-state index < -0.39 is 23.6 Å². The largest absolute Gasteiger partial charge is 2.00 e. The third kappa shape index (κ3) is 5.43. The molecular formula is C36H36MgN4O6-2. The number of allylic oxidation sites excluding steroid dienone is 4. The van der Waals surface area contributed by atoms with Crippen LogP contribution >= 0.6 is 0 Å². The average molecular weight is 645 g/mol. The number of fused-ring (bicyclic) bond motifs is 7. The maximum Gasteiger partial charge on any atom is 2.00 e. The number of ketones is 1. The van der Waals surface area contributed by atoms with E-state index >= 15 is 0 Å². The number of hydrogen-bond donors (Lipinski definition) is 0. The van der Waals surface area contributed by atoms with Gasteiger partial charge in [-0.05, 0) is 43.6 Å². The molecule has 0 radical (unpaired) electrons. The standard InChI is InChI=1S/C36H37N4O6.Mg/c1-8-19-16(3)23-12-24-17(4)21(10-11-29(42)45-6)33(39-24)31-32(36(44)46-7)35(43)30-18(5)25(40-34(30)31)13-27-20(9-2)22(15-41)28(38-27)14-26(19)37-23;/h8,12-15,17,20-22,32H,1,9-11H2,2-7H3,(H-,39,40,43);/q-3;+2/p-1/b24-12-,27-13-,28-14-;/t17-,20?,21-,22?,32+;/m0./s1. The molecule has 5 heterocycles. The van der Waals surface area contributed by atoms with Crippen LogP contribution in [-0.4, -0.2) is 61.3 Å². The van der Waals surface area contributed by atoms with E-state index in [2.05, 4.69) is 6.58 Å². The van der Waals surface area contributed by atoms with Crippen LogP contribution in [0.2, 0.25) is 0 Å². The van der Waals surface area contributed by atoms with Gasteiger partial charge in [-0.25, -0.2) is 0 Å². The number of carbonyl (C=O) groups is 4. The Kier molecular flexibility index (Phi) is 9.61. The fraction of sp³-hybridized carbons (Fsp3) is 0.389. The van der Waals surface area contributed by atoms with Crippen molar-refractivity contribution in [3.8, 4) is 0 Å². The number of aromatic nitrogens is 2. The van der Waals surface area contributed by atoms with E-state index in [0.717, 1.165) is 17.4 Å². The van der Waals surface area contributed by atoms with E-state index in [1.807, 2.05) is 39.0 Å². The fourth-order valence-corrected chi connectivity index (χ4v) is 7.30. The van der Waals surface area contributed by atoms with Crippen LogP contribution in [0.1, 0.15) is 82.9 Å². The molecular weight excluding hydrogens is 609 g/mol.